The van der Waals surface area contributed by atoms with Gasteiger partial charge in [-0.1, -0.05) is 64.1 Å². The van der Waals surface area contributed by atoms with Gasteiger partial charge in [0.05, 0.1) is 26.1 Å². The number of hydrogen-bond donors (Lipinski definition) is 16. The van der Waals surface area contributed by atoms with Crippen LogP contribution in [0.2, 0.25) is 0 Å². The van der Waals surface area contributed by atoms with Crippen molar-refractivity contribution >= 4 is 104 Å². The highest BCUT2D eigenvalue weighted by atomic mass is 33.1. The van der Waals surface area contributed by atoms with Gasteiger partial charge < -0.3 is 90.6 Å². The first kappa shape index (κ1) is 68.9. The number of carboxylic acids is 2. The molecule has 12 amide bonds. The Morgan fingerprint density at radius 1 is 0.647 bits per heavy atom. The van der Waals surface area contributed by atoms with Crippen molar-refractivity contribution in [2.75, 3.05) is 50.8 Å². The van der Waals surface area contributed by atoms with Gasteiger partial charge in [-0.15, -0.1) is 0 Å². The summed E-state index contributed by atoms with van der Waals surface area (Å²) in [5.41, 5.74) is 17.2. The van der Waals surface area contributed by atoms with E-state index < -0.39 is 188 Å². The molecule has 19 N–H and O–H groups in total. The molecule has 0 aliphatic carbocycles. The third kappa shape index (κ3) is 24.3. The predicted molar refractivity (Wildman–Crippen MR) is 304 cm³/mol. The lowest BCUT2D eigenvalue weighted by Gasteiger charge is -2.31. The van der Waals surface area contributed by atoms with Gasteiger partial charge >= 0.3 is 11.9 Å². The minimum atomic E-state index is -2.01. The van der Waals surface area contributed by atoms with Crippen LogP contribution in [0.3, 0.4) is 0 Å². The van der Waals surface area contributed by atoms with Gasteiger partial charge in [-0.3, -0.25) is 67.1 Å². The first-order valence-electron chi connectivity index (χ1n) is 26.9. The van der Waals surface area contributed by atoms with Gasteiger partial charge in [0.25, 0.3) is 0 Å². The number of likely N-dealkylation sites (tertiary alicyclic amines) is 1. The summed E-state index contributed by atoms with van der Waals surface area (Å²) in [7, 11) is 1.67. The molecule has 8 atom stereocenters. The number of phenols is 1. The largest absolute Gasteiger partial charge is 0.508 e. The lowest BCUT2D eigenvalue weighted by Crippen LogP contribution is -2.61. The van der Waals surface area contributed by atoms with Crippen LogP contribution in [0.4, 0.5) is 0 Å². The number of aliphatic carboxylic acids is 2. The molecule has 2 aliphatic heterocycles. The van der Waals surface area contributed by atoms with Gasteiger partial charge in [0.2, 0.25) is 70.9 Å². The Balaban J connectivity index is 1.81. The number of nitrogens with one attached hydrogen (secondary N) is 10. The minimum Gasteiger partial charge on any atom is -0.508 e. The molecule has 464 valence electrons. The van der Waals surface area contributed by atoms with Crippen molar-refractivity contribution in [1.29, 1.82) is 0 Å². The maximum Gasteiger partial charge on any atom is 0.322 e. The van der Waals surface area contributed by atoms with Crippen LogP contribution in [0, 0.1) is 0 Å². The van der Waals surface area contributed by atoms with Gasteiger partial charge in [0.1, 0.15) is 60.6 Å². The van der Waals surface area contributed by atoms with Crippen molar-refractivity contribution in [2.24, 2.45) is 17.2 Å². The maximum absolute atomic E-state index is 14.8. The molecule has 4 rings (SSSR count). The van der Waals surface area contributed by atoms with Crippen molar-refractivity contribution in [1.82, 2.24) is 58.1 Å². The van der Waals surface area contributed by atoms with Crippen LogP contribution in [0.15, 0.2) is 54.6 Å². The molecular weight excluding hydrogens is 1160 g/mol. The molecule has 85 heavy (non-hydrogen) atoms. The molecule has 0 bridgehead atoms. The highest BCUT2D eigenvalue weighted by Crippen LogP contribution is 2.26. The second-order valence-electron chi connectivity index (χ2n) is 19.6. The second kappa shape index (κ2) is 35.5. The van der Waals surface area contributed by atoms with E-state index in [1.807, 2.05) is 0 Å². The van der Waals surface area contributed by atoms with E-state index in [4.69, 9.17) is 17.2 Å². The number of unbranched alkanes of at least 4 members (excludes halogenated alkanes) is 1. The first-order valence-corrected chi connectivity index (χ1v) is 29.4. The van der Waals surface area contributed by atoms with Crippen molar-refractivity contribution in [2.45, 2.75) is 113 Å². The van der Waals surface area contributed by atoms with Crippen LogP contribution in [0.1, 0.15) is 62.5 Å². The number of aromatic hydroxyl groups is 1. The van der Waals surface area contributed by atoms with Crippen molar-refractivity contribution < 1.29 is 82.4 Å². The molecule has 2 fully saturated rings. The summed E-state index contributed by atoms with van der Waals surface area (Å²) >= 11 is 0. The number of hydrogen-bond acceptors (Lipinski definition) is 19. The van der Waals surface area contributed by atoms with Crippen LogP contribution < -0.4 is 70.4 Å². The fraction of sp³-hybridized carbons (Fsp3) is 0.500. The molecule has 2 heterocycles. The number of nitrogens with zero attached hydrogens (tertiary/aromatic N) is 1. The number of carboxylic acid groups (broad SMARTS) is 2. The molecule has 2 aromatic carbocycles. The molecule has 31 nitrogen and oxygen atoms in total. The highest BCUT2D eigenvalue weighted by Gasteiger charge is 2.41. The van der Waals surface area contributed by atoms with E-state index in [0.717, 1.165) is 26.5 Å². The first-order chi connectivity index (χ1) is 40.5. The van der Waals surface area contributed by atoms with Crippen LogP contribution in [-0.4, -0.2) is 202 Å². The summed E-state index contributed by atoms with van der Waals surface area (Å²) in [4.78, 5) is 189. The topological polar surface area (TPSA) is 501 Å². The average molecular weight is 1230 g/mol. The van der Waals surface area contributed by atoms with Crippen LogP contribution in [-0.2, 0) is 80.0 Å². The molecule has 0 radical (unpaired) electrons. The Morgan fingerprint density at radius 2 is 1.22 bits per heavy atom. The number of amides is 12. The number of rotatable bonds is 25. The second-order valence-corrected chi connectivity index (χ2v) is 22.1. The molecule has 2 aliphatic rings. The molecule has 0 spiro atoms. The average Bonchev–Trinajstić information content (AvgIpc) is 4.23. The van der Waals surface area contributed by atoms with E-state index in [-0.39, 0.29) is 50.9 Å². The molecule has 0 unspecified atom stereocenters. The predicted octanol–water partition coefficient (Wildman–Crippen LogP) is -5.78. The maximum atomic E-state index is 14.8. The van der Waals surface area contributed by atoms with Crippen molar-refractivity contribution in [3.05, 3.63) is 65.7 Å². The monoisotopic (exact) mass is 1230 g/mol. The summed E-state index contributed by atoms with van der Waals surface area (Å²) in [5.74, 6) is -15.4. The third-order valence-corrected chi connectivity index (χ3v) is 15.4. The molecule has 0 aromatic heterocycles. The summed E-state index contributed by atoms with van der Waals surface area (Å²) in [6, 6.07) is 0.957. The third-order valence-electron chi connectivity index (χ3n) is 13.0. The van der Waals surface area contributed by atoms with Crippen LogP contribution >= 0.6 is 21.6 Å². The SMILES string of the molecule is NCCCC[C@H](NC(=O)[C@@H]1CCCN1C(=O)[C@@H]1CSSC[C@H](NC(=O)CNC(=O)CNC(=O)CN)C(=O)N[C@@H](Cc2ccc(O)cc2)C(=O)N[C@@H](Cc2ccccc2)C(=O)N[C@@H](CCC(N)=O)C(=O)N[C@@H](CC(=O)O)C(=O)N1)C(=O)NCC(=O)O. The highest BCUT2D eigenvalue weighted by molar-refractivity contribution is 8.76. The Morgan fingerprint density at radius 3 is 1.85 bits per heavy atom. The normalized spacial score (nSPS) is 21.2. The van der Waals surface area contributed by atoms with E-state index in [2.05, 4.69) is 53.2 Å². The number of benzene rings is 2. The van der Waals surface area contributed by atoms with Gasteiger partial charge in [-0.25, -0.2) is 0 Å². The van der Waals surface area contributed by atoms with E-state index in [9.17, 15) is 82.4 Å². The minimum absolute atomic E-state index is 0.0366. The quantitative estimate of drug-likeness (QED) is 0.0325. The van der Waals surface area contributed by atoms with E-state index in [1.54, 1.807) is 30.3 Å². The Hall–Kier alpha value is -8.56. The zero-order valence-electron chi connectivity index (χ0n) is 46.1. The lowest BCUT2D eigenvalue weighted by atomic mass is 10.0. The van der Waals surface area contributed by atoms with Crippen LogP contribution in [0.5, 0.6) is 5.75 Å². The fourth-order valence-corrected chi connectivity index (χ4v) is 10.9. The summed E-state index contributed by atoms with van der Waals surface area (Å²) in [6.45, 7) is -2.34. The van der Waals surface area contributed by atoms with Crippen LogP contribution in [0.25, 0.3) is 0 Å². The van der Waals surface area contributed by atoms with Gasteiger partial charge in [-0.2, -0.15) is 0 Å². The van der Waals surface area contributed by atoms with Gasteiger partial charge in [-0.05, 0) is 68.3 Å². The summed E-state index contributed by atoms with van der Waals surface area (Å²) < 4.78 is 0. The Kier molecular flexibility index (Phi) is 28.8. The molecule has 2 saturated heterocycles. The molecule has 0 saturated carbocycles. The van der Waals surface area contributed by atoms with E-state index in [1.165, 1.54) is 24.3 Å². The zero-order valence-corrected chi connectivity index (χ0v) is 47.7. The Bertz CT molecular complexity index is 2730. The Labute approximate surface area is 495 Å². The number of nitrogens with two attached hydrogens (primary N) is 3. The lowest BCUT2D eigenvalue weighted by molar-refractivity contribution is -0.143. The number of carbonyl (C=O) groups excluding carboxylic acids is 12. The van der Waals surface area contributed by atoms with E-state index >= 15 is 0 Å². The fourth-order valence-electron chi connectivity index (χ4n) is 8.58. The van der Waals surface area contributed by atoms with Crippen molar-refractivity contribution in [3.8, 4) is 5.75 Å². The van der Waals surface area contributed by atoms with Gasteiger partial charge in [0, 0.05) is 37.3 Å². The smallest absolute Gasteiger partial charge is 0.322 e. The van der Waals surface area contributed by atoms with E-state index in [0.29, 0.717) is 24.0 Å². The van der Waals surface area contributed by atoms with Gasteiger partial charge in [0.15, 0.2) is 0 Å². The number of carbonyl (C=O) groups is 14. The van der Waals surface area contributed by atoms with Crippen molar-refractivity contribution in [3.63, 3.8) is 0 Å². The summed E-state index contributed by atoms with van der Waals surface area (Å²) in [5, 5.41) is 53.5. The number of phenolic OH excluding ortho intramolecular Hbond substituents is 1. The zero-order chi connectivity index (χ0) is 62.6. The summed E-state index contributed by atoms with van der Waals surface area (Å²) in [6.07, 6.45) is -1.65. The molecular formula is C52H72N14O17S2. The number of primary amides is 1. The molecule has 2 aromatic rings. The molecule has 33 heteroatoms. The standard InChI is InChI=1S/C52H72N14O17S2/c53-17-5-4-9-31(45(76)58-25-44(74)75)61-51(82)38-10-6-18-66(38)52(83)37-27-85-84-26-36(59-42(71)24-57-41(70)23-56-40(69)22-54)50(81)63-34(20-29-11-13-30(67)14-12-29)48(79)62-33(19-28-7-2-1-3-8-28)47(78)60-32(15-16-39(55)68)46(77)64-35(21-43(72)73)49(80)65-37/h1-3,7-8,11-14,31-38,67H,4-6,9-10,15-27,53-54H2,(H2,55,68)(H,56,69)(H,57,70)(H,58,76)(H,59,71)(H,60,78)(H,61,82)(H,62,79)(H,63,81)(H,64,77)(H,65,80)(H,72,73)(H,74,75)/t31-,32-,33-,34-,35-,36-,37-,38-/m0/s1.